The molecular weight excluding hydrogens is 442 g/mol. The smallest absolute Gasteiger partial charge is 0.222 e. The summed E-state index contributed by atoms with van der Waals surface area (Å²) >= 11 is 6.48. The lowest BCUT2D eigenvalue weighted by atomic mass is 9.76. The second-order valence-electron chi connectivity index (χ2n) is 8.77. The molecule has 2 aromatic heterocycles. The SMILES string of the molecule is Cc1cc([C@@](C)(O)C#Cc2ccc3c(c2)N(c2nc(N)ncc2Cl)CC32CCOCC2)on1. The predicted octanol–water partition coefficient (Wildman–Crippen LogP) is 3.47. The Morgan fingerprint density at radius 3 is 2.79 bits per heavy atom. The number of halogens is 1. The first-order chi connectivity index (χ1) is 15.8. The zero-order valence-corrected chi connectivity index (χ0v) is 19.2. The number of hydrogen-bond donors (Lipinski definition) is 2. The molecule has 1 fully saturated rings. The van der Waals surface area contributed by atoms with E-state index >= 15 is 0 Å². The summed E-state index contributed by atoms with van der Waals surface area (Å²) < 4.78 is 10.8. The molecule has 9 heteroatoms. The fourth-order valence-electron chi connectivity index (χ4n) is 4.54. The number of ether oxygens (including phenoxy) is 1. The van der Waals surface area contributed by atoms with Crippen LogP contribution in [0.5, 0.6) is 0 Å². The van der Waals surface area contributed by atoms with Crippen molar-refractivity contribution >= 4 is 29.1 Å². The topological polar surface area (TPSA) is 111 Å². The number of aryl methyl sites for hydroxylation is 1. The highest BCUT2D eigenvalue weighted by Gasteiger charge is 2.45. The fraction of sp³-hybridized carbons (Fsp3) is 0.375. The highest BCUT2D eigenvalue weighted by atomic mass is 35.5. The molecule has 3 aromatic rings. The first kappa shape index (κ1) is 21.7. The van der Waals surface area contributed by atoms with E-state index in [1.54, 1.807) is 19.9 Å². The third kappa shape index (κ3) is 3.93. The Balaban J connectivity index is 1.57. The molecule has 1 atom stereocenters. The highest BCUT2D eigenvalue weighted by Crippen LogP contribution is 2.50. The van der Waals surface area contributed by atoms with Crippen LogP contribution in [0.3, 0.4) is 0 Å². The van der Waals surface area contributed by atoms with E-state index in [0.717, 1.165) is 24.1 Å². The van der Waals surface area contributed by atoms with Gasteiger partial charge in [0.2, 0.25) is 5.95 Å². The molecule has 1 spiro atoms. The Bertz CT molecular complexity index is 1270. The summed E-state index contributed by atoms with van der Waals surface area (Å²) in [6, 6.07) is 7.76. The van der Waals surface area contributed by atoms with E-state index in [1.165, 1.54) is 11.8 Å². The van der Waals surface area contributed by atoms with Crippen LogP contribution in [0.1, 0.15) is 42.3 Å². The van der Waals surface area contributed by atoms with Gasteiger partial charge in [0.25, 0.3) is 0 Å². The zero-order valence-electron chi connectivity index (χ0n) is 18.4. The van der Waals surface area contributed by atoms with E-state index < -0.39 is 5.60 Å². The number of hydrogen-bond acceptors (Lipinski definition) is 8. The van der Waals surface area contributed by atoms with Crippen molar-refractivity contribution in [2.45, 2.75) is 37.7 Å². The van der Waals surface area contributed by atoms with E-state index in [1.807, 2.05) is 12.1 Å². The average Bonchev–Trinajstić information content (AvgIpc) is 3.37. The molecule has 0 unspecified atom stereocenters. The van der Waals surface area contributed by atoms with Gasteiger partial charge >= 0.3 is 0 Å². The van der Waals surface area contributed by atoms with E-state index in [9.17, 15) is 5.11 Å². The average molecular weight is 466 g/mol. The lowest BCUT2D eigenvalue weighted by molar-refractivity contribution is 0.0558. The fourth-order valence-corrected chi connectivity index (χ4v) is 4.73. The van der Waals surface area contributed by atoms with Crippen molar-refractivity contribution in [3.05, 3.63) is 58.1 Å². The van der Waals surface area contributed by atoms with E-state index in [-0.39, 0.29) is 11.4 Å². The molecular formula is C24H24ClN5O3. The van der Waals surface area contributed by atoms with Crippen molar-refractivity contribution in [1.82, 2.24) is 15.1 Å². The molecule has 2 aliphatic rings. The minimum atomic E-state index is -1.47. The molecule has 3 N–H and O–H groups in total. The van der Waals surface area contributed by atoms with Crippen molar-refractivity contribution in [2.75, 3.05) is 30.4 Å². The molecule has 33 heavy (non-hydrogen) atoms. The van der Waals surface area contributed by atoms with Crippen molar-refractivity contribution in [3.63, 3.8) is 0 Å². The minimum Gasteiger partial charge on any atom is -0.381 e. The Hall–Kier alpha value is -3.12. The number of anilines is 3. The second kappa shape index (κ2) is 8.03. The van der Waals surface area contributed by atoms with Gasteiger partial charge in [-0.15, -0.1) is 0 Å². The third-order valence-corrected chi connectivity index (χ3v) is 6.60. The van der Waals surface area contributed by atoms with Gasteiger partial charge in [-0.1, -0.05) is 34.7 Å². The maximum atomic E-state index is 10.8. The summed E-state index contributed by atoms with van der Waals surface area (Å²) in [6.45, 7) is 5.50. The summed E-state index contributed by atoms with van der Waals surface area (Å²) in [5.41, 5.74) is 7.96. The van der Waals surface area contributed by atoms with Crippen LogP contribution in [0.25, 0.3) is 0 Å². The highest BCUT2D eigenvalue weighted by molar-refractivity contribution is 6.33. The lowest BCUT2D eigenvalue weighted by Crippen LogP contribution is -2.37. The van der Waals surface area contributed by atoms with Gasteiger partial charge in [0.1, 0.15) is 5.02 Å². The molecule has 2 aliphatic heterocycles. The molecule has 5 rings (SSSR count). The van der Waals surface area contributed by atoms with Crippen LogP contribution in [-0.4, -0.2) is 40.0 Å². The number of nitrogens with zero attached hydrogens (tertiary/aromatic N) is 4. The van der Waals surface area contributed by atoms with Crippen LogP contribution < -0.4 is 10.6 Å². The Morgan fingerprint density at radius 1 is 1.27 bits per heavy atom. The summed E-state index contributed by atoms with van der Waals surface area (Å²) in [5, 5.41) is 15.0. The maximum absolute atomic E-state index is 10.8. The molecule has 1 aromatic carbocycles. The molecule has 4 heterocycles. The minimum absolute atomic E-state index is 0.0640. The maximum Gasteiger partial charge on any atom is 0.222 e. The number of nitrogens with two attached hydrogens (primary N) is 1. The molecule has 8 nitrogen and oxygen atoms in total. The third-order valence-electron chi connectivity index (χ3n) is 6.33. The number of fused-ring (bicyclic) bond motifs is 2. The van der Waals surface area contributed by atoms with Crippen LogP contribution in [0.15, 0.2) is 35.0 Å². The predicted molar refractivity (Wildman–Crippen MR) is 124 cm³/mol. The van der Waals surface area contributed by atoms with Gasteiger partial charge in [-0.2, -0.15) is 4.98 Å². The standard InChI is InChI=1S/C24H24ClN5O3/c1-15-11-20(33-29-15)23(2,31)6-5-16-3-4-17-19(12-16)30(14-24(17)7-9-32-10-8-24)21-18(25)13-27-22(26)28-21/h3-4,11-13,31H,7-10,14H2,1-2H3,(H2,26,27,28)/t23-/m0/s1. The van der Waals surface area contributed by atoms with E-state index in [0.29, 0.717) is 42.1 Å². The number of aromatic nitrogens is 3. The molecule has 170 valence electrons. The van der Waals surface area contributed by atoms with Crippen molar-refractivity contribution in [1.29, 1.82) is 0 Å². The monoisotopic (exact) mass is 465 g/mol. The molecule has 0 radical (unpaired) electrons. The van der Waals surface area contributed by atoms with Crippen LogP contribution in [0.4, 0.5) is 17.5 Å². The van der Waals surface area contributed by atoms with Gasteiger partial charge in [0.15, 0.2) is 17.2 Å². The molecule has 1 saturated heterocycles. The lowest BCUT2D eigenvalue weighted by Gasteiger charge is -2.34. The molecule has 0 amide bonds. The molecule has 0 bridgehead atoms. The van der Waals surface area contributed by atoms with E-state index in [2.05, 4.69) is 37.9 Å². The van der Waals surface area contributed by atoms with Crippen molar-refractivity contribution in [2.24, 2.45) is 0 Å². The van der Waals surface area contributed by atoms with Gasteiger partial charge in [-0.3, -0.25) is 0 Å². The normalized spacial score (nSPS) is 18.5. The Kier molecular flexibility index (Phi) is 5.28. The van der Waals surface area contributed by atoms with Crippen LogP contribution in [0, 0.1) is 18.8 Å². The van der Waals surface area contributed by atoms with Gasteiger partial charge in [-0.05, 0) is 44.4 Å². The van der Waals surface area contributed by atoms with Crippen LogP contribution in [0.2, 0.25) is 5.02 Å². The summed E-state index contributed by atoms with van der Waals surface area (Å²) in [5.74, 6) is 7.03. The summed E-state index contributed by atoms with van der Waals surface area (Å²) in [4.78, 5) is 10.5. The largest absolute Gasteiger partial charge is 0.381 e. The second-order valence-corrected chi connectivity index (χ2v) is 9.17. The number of rotatable bonds is 2. The number of nitrogen functional groups attached to an aromatic ring is 1. The van der Waals surface area contributed by atoms with Crippen molar-refractivity contribution in [3.8, 4) is 11.8 Å². The first-order valence-electron chi connectivity index (χ1n) is 10.7. The van der Waals surface area contributed by atoms with E-state index in [4.69, 9.17) is 26.6 Å². The van der Waals surface area contributed by atoms with Crippen LogP contribution in [-0.2, 0) is 15.8 Å². The number of benzene rings is 1. The summed E-state index contributed by atoms with van der Waals surface area (Å²) in [7, 11) is 0. The quantitative estimate of drug-likeness (QED) is 0.553. The Morgan fingerprint density at radius 2 is 2.06 bits per heavy atom. The van der Waals surface area contributed by atoms with Gasteiger partial charge in [-0.25, -0.2) is 4.98 Å². The van der Waals surface area contributed by atoms with Crippen LogP contribution >= 0.6 is 11.6 Å². The van der Waals surface area contributed by atoms with Crippen molar-refractivity contribution < 1.29 is 14.4 Å². The van der Waals surface area contributed by atoms with Gasteiger partial charge < -0.3 is 25.0 Å². The van der Waals surface area contributed by atoms with Gasteiger partial charge in [0, 0.05) is 42.5 Å². The Labute approximate surface area is 196 Å². The molecule has 0 aliphatic carbocycles. The number of aliphatic hydroxyl groups is 1. The first-order valence-corrected chi connectivity index (χ1v) is 11.1. The summed E-state index contributed by atoms with van der Waals surface area (Å²) in [6.07, 6.45) is 3.33. The molecule has 0 saturated carbocycles. The van der Waals surface area contributed by atoms with Gasteiger partial charge in [0.05, 0.1) is 11.9 Å². The zero-order chi connectivity index (χ0) is 23.2.